The van der Waals surface area contributed by atoms with E-state index in [9.17, 15) is 23.3 Å². The summed E-state index contributed by atoms with van der Waals surface area (Å²) in [6, 6.07) is 4.03. The molecule has 0 spiro atoms. The Morgan fingerprint density at radius 1 is 1.23 bits per heavy atom. The molecule has 2 aliphatic rings. The lowest BCUT2D eigenvalue weighted by atomic mass is 9.91. The number of benzene rings is 1. The standard InChI is InChI=1S/C22H29N3O5S/c1-3-13-24(19-7-5-4-6-8-19)22(26)18-11-14-23(15-12-18)31(29,30)21-16-20(25(27)28)10-9-17(21)2/h1,9-10,16,18-19H,4-8,11-15H2,2H3. The third-order valence-electron chi connectivity index (χ3n) is 6.36. The van der Waals surface area contributed by atoms with Crippen LogP contribution in [0.25, 0.3) is 0 Å². The van der Waals surface area contributed by atoms with Crippen LogP contribution in [0.3, 0.4) is 0 Å². The highest BCUT2D eigenvalue weighted by molar-refractivity contribution is 7.89. The predicted octanol–water partition coefficient (Wildman–Crippen LogP) is 3.10. The lowest BCUT2D eigenvalue weighted by Gasteiger charge is -2.38. The largest absolute Gasteiger partial charge is 0.328 e. The molecule has 8 nitrogen and oxygen atoms in total. The molecule has 9 heteroatoms. The molecular formula is C22H29N3O5S. The first-order valence-corrected chi connectivity index (χ1v) is 12.2. The maximum absolute atomic E-state index is 13.2. The zero-order valence-electron chi connectivity index (χ0n) is 17.8. The lowest BCUT2D eigenvalue weighted by Crippen LogP contribution is -2.48. The number of piperidine rings is 1. The van der Waals surface area contributed by atoms with Crippen LogP contribution in [0.15, 0.2) is 23.1 Å². The van der Waals surface area contributed by atoms with Gasteiger partial charge in [0.1, 0.15) is 0 Å². The van der Waals surface area contributed by atoms with Crippen molar-refractivity contribution in [3.63, 3.8) is 0 Å². The van der Waals surface area contributed by atoms with Gasteiger partial charge in [0.2, 0.25) is 15.9 Å². The molecule has 3 rings (SSSR count). The van der Waals surface area contributed by atoms with Gasteiger partial charge in [-0.05, 0) is 38.2 Å². The molecule has 1 aliphatic carbocycles. The minimum absolute atomic E-state index is 0.0217. The van der Waals surface area contributed by atoms with E-state index < -0.39 is 14.9 Å². The van der Waals surface area contributed by atoms with E-state index in [0.29, 0.717) is 18.4 Å². The molecular weight excluding hydrogens is 418 g/mol. The van der Waals surface area contributed by atoms with Crippen LogP contribution in [0.2, 0.25) is 0 Å². The summed E-state index contributed by atoms with van der Waals surface area (Å²) >= 11 is 0. The molecule has 1 aromatic rings. The third-order valence-corrected chi connectivity index (χ3v) is 8.40. The number of rotatable bonds is 6. The van der Waals surface area contributed by atoms with Gasteiger partial charge < -0.3 is 4.90 Å². The number of nitro benzene ring substituents is 1. The first-order chi connectivity index (χ1) is 14.8. The Bertz CT molecular complexity index is 971. The SMILES string of the molecule is C#CCN(C(=O)C1CCN(S(=O)(=O)c2cc([N+](=O)[O-])ccc2C)CC1)C1CCCCC1. The molecule has 1 aromatic carbocycles. The molecule has 1 amide bonds. The molecule has 0 unspecified atom stereocenters. The van der Waals surface area contributed by atoms with E-state index in [2.05, 4.69) is 5.92 Å². The quantitative estimate of drug-likeness (QED) is 0.379. The van der Waals surface area contributed by atoms with Crippen molar-refractivity contribution in [1.82, 2.24) is 9.21 Å². The van der Waals surface area contributed by atoms with Gasteiger partial charge in [-0.15, -0.1) is 6.42 Å². The monoisotopic (exact) mass is 447 g/mol. The number of hydrogen-bond acceptors (Lipinski definition) is 5. The number of terminal acetylenes is 1. The Balaban J connectivity index is 1.71. The van der Waals surface area contributed by atoms with Crippen molar-refractivity contribution < 1.29 is 18.1 Å². The zero-order chi connectivity index (χ0) is 22.6. The van der Waals surface area contributed by atoms with Gasteiger partial charge in [0.05, 0.1) is 16.4 Å². The molecule has 0 atom stereocenters. The smallest absolute Gasteiger partial charge is 0.270 e. The number of nitro groups is 1. The Hall–Kier alpha value is -2.44. The summed E-state index contributed by atoms with van der Waals surface area (Å²) < 4.78 is 27.6. The fourth-order valence-electron chi connectivity index (χ4n) is 4.57. The van der Waals surface area contributed by atoms with Crippen LogP contribution in [-0.4, -0.2) is 54.1 Å². The van der Waals surface area contributed by atoms with Crippen molar-refractivity contribution in [3.8, 4) is 12.3 Å². The summed E-state index contributed by atoms with van der Waals surface area (Å²) in [5, 5.41) is 11.1. The number of amides is 1. The van der Waals surface area contributed by atoms with Gasteiger partial charge in [0.25, 0.3) is 5.69 Å². The molecule has 0 N–H and O–H groups in total. The minimum atomic E-state index is -3.88. The van der Waals surface area contributed by atoms with Crippen LogP contribution < -0.4 is 0 Å². The van der Waals surface area contributed by atoms with Gasteiger partial charge in [-0.1, -0.05) is 31.2 Å². The van der Waals surface area contributed by atoms with Crippen molar-refractivity contribution in [2.45, 2.75) is 62.8 Å². The second kappa shape index (κ2) is 9.79. The summed E-state index contributed by atoms with van der Waals surface area (Å²) in [4.78, 5) is 25.4. The Labute approximate surface area is 183 Å². The number of non-ortho nitro benzene ring substituents is 1. The van der Waals surface area contributed by atoms with E-state index >= 15 is 0 Å². The van der Waals surface area contributed by atoms with Crippen LogP contribution in [0.1, 0.15) is 50.5 Å². The maximum Gasteiger partial charge on any atom is 0.270 e. The average Bonchev–Trinajstić information content (AvgIpc) is 2.77. The topological polar surface area (TPSA) is 101 Å². The van der Waals surface area contributed by atoms with E-state index in [-0.39, 0.29) is 48.1 Å². The summed E-state index contributed by atoms with van der Waals surface area (Å²) in [6.45, 7) is 2.31. The van der Waals surface area contributed by atoms with E-state index in [0.717, 1.165) is 31.7 Å². The average molecular weight is 448 g/mol. The van der Waals surface area contributed by atoms with Gasteiger partial charge in [-0.25, -0.2) is 8.42 Å². The Morgan fingerprint density at radius 3 is 2.45 bits per heavy atom. The predicted molar refractivity (Wildman–Crippen MR) is 117 cm³/mol. The zero-order valence-corrected chi connectivity index (χ0v) is 18.6. The Morgan fingerprint density at radius 2 is 1.87 bits per heavy atom. The lowest BCUT2D eigenvalue weighted by molar-refractivity contribution is -0.385. The molecule has 0 radical (unpaired) electrons. The second-order valence-electron chi connectivity index (χ2n) is 8.35. The van der Waals surface area contributed by atoms with E-state index in [1.54, 1.807) is 6.92 Å². The number of carbonyl (C=O) groups is 1. The van der Waals surface area contributed by atoms with Gasteiger partial charge in [-0.3, -0.25) is 14.9 Å². The summed E-state index contributed by atoms with van der Waals surface area (Å²) in [5.74, 6) is 2.37. The van der Waals surface area contributed by atoms with Gasteiger partial charge in [0.15, 0.2) is 0 Å². The number of aryl methyl sites for hydroxylation is 1. The number of hydrogen-bond donors (Lipinski definition) is 0. The van der Waals surface area contributed by atoms with Crippen molar-refractivity contribution in [3.05, 3.63) is 33.9 Å². The number of carbonyl (C=O) groups excluding carboxylic acids is 1. The molecule has 1 saturated carbocycles. The summed E-state index contributed by atoms with van der Waals surface area (Å²) in [6.07, 6.45) is 11.7. The fraction of sp³-hybridized carbons (Fsp3) is 0.591. The number of sulfonamides is 1. The highest BCUT2D eigenvalue weighted by Crippen LogP contribution is 2.30. The summed E-state index contributed by atoms with van der Waals surface area (Å²) in [7, 11) is -3.88. The molecule has 1 aliphatic heterocycles. The molecule has 31 heavy (non-hydrogen) atoms. The van der Waals surface area contributed by atoms with Gasteiger partial charge >= 0.3 is 0 Å². The summed E-state index contributed by atoms with van der Waals surface area (Å²) in [5.41, 5.74) is 0.202. The van der Waals surface area contributed by atoms with Crippen LogP contribution in [-0.2, 0) is 14.8 Å². The van der Waals surface area contributed by atoms with E-state index in [1.165, 1.54) is 22.9 Å². The van der Waals surface area contributed by atoms with Gasteiger partial charge in [-0.2, -0.15) is 4.31 Å². The fourth-order valence-corrected chi connectivity index (χ4v) is 6.29. The van der Waals surface area contributed by atoms with E-state index in [4.69, 9.17) is 6.42 Å². The first-order valence-electron chi connectivity index (χ1n) is 10.7. The van der Waals surface area contributed by atoms with Crippen LogP contribution in [0.4, 0.5) is 5.69 Å². The van der Waals surface area contributed by atoms with Crippen molar-refractivity contribution in [2.24, 2.45) is 5.92 Å². The van der Waals surface area contributed by atoms with Crippen molar-refractivity contribution >= 4 is 21.6 Å². The third kappa shape index (κ3) is 5.08. The number of nitrogens with zero attached hydrogens (tertiary/aromatic N) is 3. The highest BCUT2D eigenvalue weighted by atomic mass is 32.2. The molecule has 168 valence electrons. The second-order valence-corrected chi connectivity index (χ2v) is 10.3. The molecule has 1 saturated heterocycles. The minimum Gasteiger partial charge on any atom is -0.328 e. The van der Waals surface area contributed by atoms with E-state index in [1.807, 2.05) is 4.90 Å². The Kier molecular flexibility index (Phi) is 7.34. The van der Waals surface area contributed by atoms with Crippen molar-refractivity contribution in [2.75, 3.05) is 19.6 Å². The molecule has 0 bridgehead atoms. The normalized spacial score (nSPS) is 19.0. The van der Waals surface area contributed by atoms with Crippen LogP contribution in [0, 0.1) is 35.3 Å². The molecule has 1 heterocycles. The highest BCUT2D eigenvalue weighted by Gasteiger charge is 2.36. The first kappa shape index (κ1) is 23.2. The van der Waals surface area contributed by atoms with Crippen molar-refractivity contribution in [1.29, 1.82) is 0 Å². The molecule has 0 aromatic heterocycles. The van der Waals surface area contributed by atoms with Crippen LogP contribution in [0.5, 0.6) is 0 Å². The van der Waals surface area contributed by atoms with Gasteiger partial charge in [0, 0.05) is 37.2 Å². The van der Waals surface area contributed by atoms with Crippen LogP contribution >= 0.6 is 0 Å². The molecule has 2 fully saturated rings. The maximum atomic E-state index is 13.2.